The number of benzene rings is 2. The average molecular weight is 448 g/mol. The first kappa shape index (κ1) is 20.7. The van der Waals surface area contributed by atoms with Crippen LogP contribution in [0.2, 0.25) is 0 Å². The number of fused-ring (bicyclic) bond motifs is 1. The highest BCUT2D eigenvalue weighted by Gasteiger charge is 2.27. The maximum Gasteiger partial charge on any atom is 0.254 e. The van der Waals surface area contributed by atoms with Crippen LogP contribution in [-0.4, -0.2) is 40.5 Å². The van der Waals surface area contributed by atoms with E-state index in [9.17, 15) is 9.18 Å². The number of amides is 1. The highest BCUT2D eigenvalue weighted by molar-refractivity contribution is 7.18. The van der Waals surface area contributed by atoms with E-state index in [1.807, 2.05) is 48.2 Å². The lowest BCUT2D eigenvalue weighted by Gasteiger charge is -2.33. The molecule has 1 saturated heterocycles. The second kappa shape index (κ2) is 8.76. The highest BCUT2D eigenvalue weighted by atomic mass is 32.1. The summed E-state index contributed by atoms with van der Waals surface area (Å²) in [5.41, 5.74) is 4.26. The number of ether oxygens (including phenoxy) is 1. The van der Waals surface area contributed by atoms with Crippen LogP contribution in [0, 0.1) is 12.7 Å². The highest BCUT2D eigenvalue weighted by Crippen LogP contribution is 2.26. The van der Waals surface area contributed by atoms with Crippen molar-refractivity contribution in [2.75, 3.05) is 19.7 Å². The minimum atomic E-state index is -0.282. The van der Waals surface area contributed by atoms with Crippen molar-refractivity contribution in [3.05, 3.63) is 94.0 Å². The molecule has 1 amide bonds. The van der Waals surface area contributed by atoms with Gasteiger partial charge >= 0.3 is 0 Å². The number of carbonyl (C=O) groups excluding carboxylic acids is 1. The van der Waals surface area contributed by atoms with Crippen LogP contribution >= 0.6 is 11.3 Å². The molecule has 3 heterocycles. The number of hydrogen-bond donors (Lipinski definition) is 0. The predicted molar refractivity (Wildman–Crippen MR) is 122 cm³/mol. The molecule has 1 unspecified atom stereocenters. The summed E-state index contributed by atoms with van der Waals surface area (Å²) in [6, 6.07) is 17.9. The van der Waals surface area contributed by atoms with Gasteiger partial charge in [-0.3, -0.25) is 9.78 Å². The number of morpholine rings is 1. The molecule has 4 aromatic rings. The lowest BCUT2D eigenvalue weighted by molar-refractivity contribution is -0.0247. The zero-order valence-corrected chi connectivity index (χ0v) is 18.4. The van der Waals surface area contributed by atoms with E-state index in [2.05, 4.69) is 4.98 Å². The molecule has 1 aliphatic rings. The van der Waals surface area contributed by atoms with E-state index in [4.69, 9.17) is 9.72 Å². The van der Waals surface area contributed by atoms with Crippen molar-refractivity contribution < 1.29 is 13.9 Å². The molecule has 162 valence electrons. The van der Waals surface area contributed by atoms with Gasteiger partial charge in [-0.05, 0) is 55.0 Å². The van der Waals surface area contributed by atoms with Crippen molar-refractivity contribution in [1.82, 2.24) is 14.9 Å². The first-order valence-corrected chi connectivity index (χ1v) is 11.4. The molecule has 0 spiro atoms. The quantitative estimate of drug-likeness (QED) is 0.445. The number of carbonyl (C=O) groups is 1. The second-order valence-electron chi connectivity index (χ2n) is 7.88. The Labute approximate surface area is 189 Å². The van der Waals surface area contributed by atoms with Crippen LogP contribution < -0.4 is 0 Å². The molecule has 0 saturated carbocycles. The van der Waals surface area contributed by atoms with Crippen molar-refractivity contribution in [3.8, 4) is 0 Å². The Morgan fingerprint density at radius 3 is 2.84 bits per heavy atom. The number of thiazole rings is 1. The molecule has 1 fully saturated rings. The van der Waals surface area contributed by atoms with Crippen molar-refractivity contribution in [2.24, 2.45) is 0 Å². The molecule has 0 N–H and O–H groups in total. The molecule has 7 heteroatoms. The largest absolute Gasteiger partial charge is 0.368 e. The summed E-state index contributed by atoms with van der Waals surface area (Å²) >= 11 is 1.59. The number of nitrogens with zero attached hydrogens (tertiary/aromatic N) is 3. The van der Waals surface area contributed by atoms with Gasteiger partial charge in [-0.25, -0.2) is 9.37 Å². The summed E-state index contributed by atoms with van der Waals surface area (Å²) in [6.07, 6.45) is 0.327. The zero-order chi connectivity index (χ0) is 22.1. The Balaban J connectivity index is 1.31. The summed E-state index contributed by atoms with van der Waals surface area (Å²) in [4.78, 5) is 24.2. The zero-order valence-electron chi connectivity index (χ0n) is 17.6. The number of aromatic nitrogens is 2. The predicted octanol–water partition coefficient (Wildman–Crippen LogP) is 4.94. The van der Waals surface area contributed by atoms with Gasteiger partial charge in [0.05, 0.1) is 34.1 Å². The maximum absolute atomic E-state index is 13.2. The van der Waals surface area contributed by atoms with E-state index < -0.39 is 0 Å². The fourth-order valence-electron chi connectivity index (χ4n) is 3.96. The van der Waals surface area contributed by atoms with Gasteiger partial charge in [0, 0.05) is 24.2 Å². The third kappa shape index (κ3) is 4.40. The molecule has 0 radical (unpaired) electrons. The van der Waals surface area contributed by atoms with E-state index in [1.165, 1.54) is 12.1 Å². The van der Waals surface area contributed by atoms with Gasteiger partial charge in [-0.15, -0.1) is 11.3 Å². The first-order chi connectivity index (χ1) is 15.5. The Hall–Kier alpha value is -3.16. The molecule has 1 atom stereocenters. The third-order valence-electron chi connectivity index (χ3n) is 5.55. The topological polar surface area (TPSA) is 55.3 Å². The van der Waals surface area contributed by atoms with Crippen molar-refractivity contribution in [3.63, 3.8) is 0 Å². The summed E-state index contributed by atoms with van der Waals surface area (Å²) in [5.74, 6) is -0.255. The maximum atomic E-state index is 13.2. The normalized spacial score (nSPS) is 16.4. The van der Waals surface area contributed by atoms with Crippen molar-refractivity contribution >= 4 is 27.5 Å². The van der Waals surface area contributed by atoms with Crippen LogP contribution in [0.4, 0.5) is 4.39 Å². The minimum Gasteiger partial charge on any atom is -0.368 e. The first-order valence-electron chi connectivity index (χ1n) is 10.5. The van der Waals surface area contributed by atoms with Gasteiger partial charge in [0.1, 0.15) is 11.9 Å². The van der Waals surface area contributed by atoms with Gasteiger partial charge in [0.2, 0.25) is 0 Å². The summed E-state index contributed by atoms with van der Waals surface area (Å²) in [5, 5.41) is 0.989. The standard InChI is InChI=1S/C25H22FN3O2S/c1-16-27-22-10-7-18(14-24(22)32-16)25(30)29-11-12-31-23(15-29)21-4-2-3-20(28-21)13-17-5-8-19(26)9-6-17/h2-10,14,23H,11-13,15H2,1H3. The Morgan fingerprint density at radius 1 is 1.16 bits per heavy atom. The smallest absolute Gasteiger partial charge is 0.254 e. The van der Waals surface area contributed by atoms with E-state index in [-0.39, 0.29) is 17.8 Å². The lowest BCUT2D eigenvalue weighted by atomic mass is 10.1. The van der Waals surface area contributed by atoms with Gasteiger partial charge in [0.25, 0.3) is 5.91 Å². The molecule has 5 nitrogen and oxygen atoms in total. The number of aryl methyl sites for hydroxylation is 1. The molecule has 5 rings (SSSR count). The van der Waals surface area contributed by atoms with Gasteiger partial charge in [0.15, 0.2) is 0 Å². The number of pyridine rings is 1. The minimum absolute atomic E-state index is 0.00581. The SMILES string of the molecule is Cc1nc2ccc(C(=O)N3CCOC(c4cccc(Cc5ccc(F)cc5)n4)C3)cc2s1. The molecule has 0 aliphatic carbocycles. The fourth-order valence-corrected chi connectivity index (χ4v) is 4.82. The van der Waals surface area contributed by atoms with Gasteiger partial charge in [-0.1, -0.05) is 18.2 Å². The Bertz CT molecular complexity index is 1270. The van der Waals surface area contributed by atoms with E-state index in [0.29, 0.717) is 31.7 Å². The second-order valence-corrected chi connectivity index (χ2v) is 9.12. The molecular weight excluding hydrogens is 425 g/mol. The van der Waals surface area contributed by atoms with E-state index in [1.54, 1.807) is 23.5 Å². The summed E-state index contributed by atoms with van der Waals surface area (Å²) < 4.78 is 20.2. The van der Waals surface area contributed by atoms with Crippen LogP contribution in [0.5, 0.6) is 0 Å². The molecule has 32 heavy (non-hydrogen) atoms. The molecule has 2 aromatic carbocycles. The number of hydrogen-bond acceptors (Lipinski definition) is 5. The average Bonchev–Trinajstić information content (AvgIpc) is 3.19. The van der Waals surface area contributed by atoms with Crippen LogP contribution in [0.3, 0.4) is 0 Å². The van der Waals surface area contributed by atoms with E-state index in [0.717, 1.165) is 32.2 Å². The van der Waals surface area contributed by atoms with Crippen LogP contribution in [-0.2, 0) is 11.2 Å². The Morgan fingerprint density at radius 2 is 2.00 bits per heavy atom. The molecule has 0 bridgehead atoms. The third-order valence-corrected chi connectivity index (χ3v) is 6.49. The van der Waals surface area contributed by atoms with Crippen LogP contribution in [0.15, 0.2) is 60.7 Å². The fraction of sp³-hybridized carbons (Fsp3) is 0.240. The van der Waals surface area contributed by atoms with Crippen LogP contribution in [0.1, 0.15) is 38.4 Å². The van der Waals surface area contributed by atoms with Gasteiger partial charge < -0.3 is 9.64 Å². The number of rotatable bonds is 4. The van der Waals surface area contributed by atoms with Crippen molar-refractivity contribution in [1.29, 1.82) is 0 Å². The summed E-state index contributed by atoms with van der Waals surface area (Å²) in [7, 11) is 0. The molecule has 1 aliphatic heterocycles. The monoisotopic (exact) mass is 447 g/mol. The lowest BCUT2D eigenvalue weighted by Crippen LogP contribution is -2.42. The van der Waals surface area contributed by atoms with Gasteiger partial charge in [-0.2, -0.15) is 0 Å². The van der Waals surface area contributed by atoms with Crippen LogP contribution in [0.25, 0.3) is 10.2 Å². The molecular formula is C25H22FN3O2S. The Kier molecular flexibility index (Phi) is 5.68. The van der Waals surface area contributed by atoms with E-state index >= 15 is 0 Å². The number of halogens is 1. The summed E-state index contributed by atoms with van der Waals surface area (Å²) in [6.45, 7) is 3.42. The molecule has 2 aromatic heterocycles. The van der Waals surface area contributed by atoms with Crippen molar-refractivity contribution in [2.45, 2.75) is 19.4 Å².